The van der Waals surface area contributed by atoms with Gasteiger partial charge < -0.3 is 5.73 Å². The van der Waals surface area contributed by atoms with Gasteiger partial charge in [-0.25, -0.2) is 0 Å². The first-order valence-corrected chi connectivity index (χ1v) is 7.49. The number of thiophene rings is 1. The zero-order valence-corrected chi connectivity index (χ0v) is 12.1. The fourth-order valence-electron chi connectivity index (χ4n) is 2.92. The molecule has 0 amide bonds. The monoisotopic (exact) mass is 272 g/mol. The van der Waals surface area contributed by atoms with Gasteiger partial charge in [0.1, 0.15) is 0 Å². The molecule has 3 unspecified atom stereocenters. The fourth-order valence-corrected chi connectivity index (χ4v) is 4.13. The van der Waals surface area contributed by atoms with Crippen molar-refractivity contribution in [2.45, 2.75) is 26.3 Å². The van der Waals surface area contributed by atoms with Gasteiger partial charge in [-0.05, 0) is 30.4 Å². The van der Waals surface area contributed by atoms with E-state index in [1.807, 2.05) is 6.07 Å². The molecule has 1 fully saturated rings. The summed E-state index contributed by atoms with van der Waals surface area (Å²) in [6, 6.07) is 4.44. The van der Waals surface area contributed by atoms with Crippen LogP contribution in [0.15, 0.2) is 12.1 Å². The molecule has 1 aliphatic rings. The predicted molar refractivity (Wildman–Crippen MR) is 75.6 cm³/mol. The van der Waals surface area contributed by atoms with Crippen LogP contribution in [0.5, 0.6) is 0 Å². The lowest BCUT2D eigenvalue weighted by Crippen LogP contribution is -2.43. The number of piperidine rings is 1. The Balaban J connectivity index is 2.12. The van der Waals surface area contributed by atoms with Crippen molar-refractivity contribution in [1.82, 2.24) is 4.90 Å². The third-order valence-corrected chi connectivity index (χ3v) is 4.82. The highest BCUT2D eigenvalue weighted by Gasteiger charge is 2.28. The lowest BCUT2D eigenvalue weighted by atomic mass is 9.90. The number of rotatable bonds is 3. The van der Waals surface area contributed by atoms with Gasteiger partial charge in [0.2, 0.25) is 0 Å². The Morgan fingerprint density at radius 2 is 2.06 bits per heavy atom. The van der Waals surface area contributed by atoms with E-state index in [1.165, 1.54) is 11.3 Å². The average molecular weight is 273 g/mol. The zero-order chi connectivity index (χ0) is 12.4. The summed E-state index contributed by atoms with van der Waals surface area (Å²) in [5.41, 5.74) is 5.96. The molecular weight excluding hydrogens is 252 g/mol. The van der Waals surface area contributed by atoms with Crippen molar-refractivity contribution in [2.75, 3.05) is 19.6 Å². The summed E-state index contributed by atoms with van der Waals surface area (Å²) in [7, 11) is 0. The summed E-state index contributed by atoms with van der Waals surface area (Å²) in [6.07, 6.45) is 1.33. The molecule has 96 valence electrons. The van der Waals surface area contributed by atoms with Gasteiger partial charge >= 0.3 is 0 Å². The molecule has 0 bridgehead atoms. The molecule has 17 heavy (non-hydrogen) atoms. The van der Waals surface area contributed by atoms with Crippen LogP contribution in [0.3, 0.4) is 0 Å². The molecule has 2 heterocycles. The van der Waals surface area contributed by atoms with Crippen LogP contribution in [0, 0.1) is 11.8 Å². The summed E-state index contributed by atoms with van der Waals surface area (Å²) in [5, 5.41) is 0. The molecular formula is C13H21ClN2S. The summed E-state index contributed by atoms with van der Waals surface area (Å²) in [6.45, 7) is 7.65. The molecule has 1 aromatic rings. The van der Waals surface area contributed by atoms with Crippen molar-refractivity contribution in [3.63, 3.8) is 0 Å². The maximum Gasteiger partial charge on any atom is 0.0931 e. The highest BCUT2D eigenvalue weighted by Crippen LogP contribution is 2.33. The Morgan fingerprint density at radius 1 is 1.41 bits per heavy atom. The average Bonchev–Trinajstić information content (AvgIpc) is 2.64. The molecule has 0 aromatic carbocycles. The van der Waals surface area contributed by atoms with Crippen molar-refractivity contribution < 1.29 is 0 Å². The molecule has 0 aliphatic carbocycles. The van der Waals surface area contributed by atoms with Crippen molar-refractivity contribution in [3.05, 3.63) is 21.3 Å². The SMILES string of the molecule is CC1CC(C)CN(C(CN)c2ccc(Cl)s2)C1. The minimum Gasteiger partial charge on any atom is -0.329 e. The molecule has 2 rings (SSSR count). The van der Waals surface area contributed by atoms with Crippen LogP contribution in [0.25, 0.3) is 0 Å². The number of nitrogens with zero attached hydrogens (tertiary/aromatic N) is 1. The van der Waals surface area contributed by atoms with E-state index in [1.54, 1.807) is 11.3 Å². The second-order valence-corrected chi connectivity index (χ2v) is 7.04. The molecule has 1 saturated heterocycles. The number of halogens is 1. The molecule has 1 aromatic heterocycles. The fraction of sp³-hybridized carbons (Fsp3) is 0.692. The zero-order valence-electron chi connectivity index (χ0n) is 10.5. The van der Waals surface area contributed by atoms with Gasteiger partial charge in [-0.1, -0.05) is 25.4 Å². The number of nitrogens with two attached hydrogens (primary N) is 1. The Morgan fingerprint density at radius 3 is 2.53 bits per heavy atom. The number of hydrogen-bond donors (Lipinski definition) is 1. The van der Waals surface area contributed by atoms with E-state index >= 15 is 0 Å². The molecule has 2 nitrogen and oxygen atoms in total. The first kappa shape index (κ1) is 13.3. The van der Waals surface area contributed by atoms with E-state index in [0.717, 1.165) is 29.3 Å². The van der Waals surface area contributed by atoms with Crippen LogP contribution in [-0.2, 0) is 0 Å². The van der Waals surface area contributed by atoms with Crippen LogP contribution < -0.4 is 5.73 Å². The first-order valence-electron chi connectivity index (χ1n) is 6.29. The van der Waals surface area contributed by atoms with Crippen LogP contribution in [0.2, 0.25) is 4.34 Å². The van der Waals surface area contributed by atoms with E-state index in [4.69, 9.17) is 17.3 Å². The lowest BCUT2D eigenvalue weighted by molar-refractivity contribution is 0.0999. The Hall–Kier alpha value is -0.0900. The topological polar surface area (TPSA) is 29.3 Å². The summed E-state index contributed by atoms with van der Waals surface area (Å²) in [5.74, 6) is 1.53. The largest absolute Gasteiger partial charge is 0.329 e. The van der Waals surface area contributed by atoms with Gasteiger partial charge in [0.15, 0.2) is 0 Å². The van der Waals surface area contributed by atoms with Crippen molar-refractivity contribution in [2.24, 2.45) is 17.6 Å². The Bertz CT molecular complexity index is 356. The van der Waals surface area contributed by atoms with Crippen LogP contribution in [0.4, 0.5) is 0 Å². The van der Waals surface area contributed by atoms with Crippen molar-refractivity contribution in [1.29, 1.82) is 0 Å². The standard InChI is InChI=1S/C13H21ClN2S/c1-9-5-10(2)8-16(7-9)11(6-15)12-3-4-13(14)17-12/h3-4,9-11H,5-8,15H2,1-2H3. The lowest BCUT2D eigenvalue weighted by Gasteiger charge is -2.39. The van der Waals surface area contributed by atoms with Crippen molar-refractivity contribution >= 4 is 22.9 Å². The molecule has 0 saturated carbocycles. The second-order valence-electron chi connectivity index (χ2n) is 5.29. The number of hydrogen-bond acceptors (Lipinski definition) is 3. The van der Waals surface area contributed by atoms with E-state index in [0.29, 0.717) is 12.6 Å². The van der Waals surface area contributed by atoms with Gasteiger partial charge in [0.05, 0.1) is 10.4 Å². The molecule has 3 atom stereocenters. The molecule has 1 aliphatic heterocycles. The van der Waals surface area contributed by atoms with Gasteiger partial charge in [0, 0.05) is 24.5 Å². The first-order chi connectivity index (χ1) is 8.10. The molecule has 0 spiro atoms. The maximum absolute atomic E-state index is 6.02. The third-order valence-electron chi connectivity index (χ3n) is 3.48. The molecule has 4 heteroatoms. The Kier molecular flexibility index (Phi) is 4.47. The van der Waals surface area contributed by atoms with Gasteiger partial charge in [0.25, 0.3) is 0 Å². The van der Waals surface area contributed by atoms with Crippen molar-refractivity contribution in [3.8, 4) is 0 Å². The normalized spacial score (nSPS) is 28.2. The summed E-state index contributed by atoms with van der Waals surface area (Å²) >= 11 is 7.68. The van der Waals surface area contributed by atoms with Gasteiger partial charge in [-0.15, -0.1) is 11.3 Å². The highest BCUT2D eigenvalue weighted by atomic mass is 35.5. The molecule has 2 N–H and O–H groups in total. The summed E-state index contributed by atoms with van der Waals surface area (Å²) in [4.78, 5) is 3.83. The third kappa shape index (κ3) is 3.22. The smallest absolute Gasteiger partial charge is 0.0931 e. The maximum atomic E-state index is 6.02. The van der Waals surface area contributed by atoms with Crippen LogP contribution in [-0.4, -0.2) is 24.5 Å². The van der Waals surface area contributed by atoms with Crippen LogP contribution >= 0.6 is 22.9 Å². The van der Waals surface area contributed by atoms with Gasteiger partial charge in [-0.2, -0.15) is 0 Å². The second kappa shape index (κ2) is 5.70. The minimum atomic E-state index is 0.345. The van der Waals surface area contributed by atoms with E-state index in [-0.39, 0.29) is 0 Å². The molecule has 0 radical (unpaired) electrons. The van der Waals surface area contributed by atoms with Gasteiger partial charge in [-0.3, -0.25) is 4.90 Å². The van der Waals surface area contributed by atoms with E-state index < -0.39 is 0 Å². The quantitative estimate of drug-likeness (QED) is 0.914. The predicted octanol–water partition coefficient (Wildman–Crippen LogP) is 3.38. The Labute approximate surface area is 113 Å². The highest BCUT2D eigenvalue weighted by molar-refractivity contribution is 7.16. The van der Waals surface area contributed by atoms with Crippen LogP contribution in [0.1, 0.15) is 31.2 Å². The summed E-state index contributed by atoms with van der Waals surface area (Å²) < 4.78 is 0.858. The minimum absolute atomic E-state index is 0.345. The van der Waals surface area contributed by atoms with E-state index in [2.05, 4.69) is 24.8 Å². The van der Waals surface area contributed by atoms with E-state index in [9.17, 15) is 0 Å². The number of likely N-dealkylation sites (tertiary alicyclic amines) is 1.